The van der Waals surface area contributed by atoms with Crippen LogP contribution in [0.1, 0.15) is 55.4 Å². The van der Waals surface area contributed by atoms with E-state index in [9.17, 15) is 0 Å². The minimum atomic E-state index is -0.537. The van der Waals surface area contributed by atoms with Gasteiger partial charge in [-0.25, -0.2) is 0 Å². The second-order valence-electron chi connectivity index (χ2n) is 10.8. The number of rotatable bonds is 8. The van der Waals surface area contributed by atoms with E-state index in [1.165, 1.54) is 10.4 Å². The van der Waals surface area contributed by atoms with E-state index in [4.69, 9.17) is 0 Å². The molecule has 4 heterocycles. The Bertz CT molecular complexity index is 1110. The second-order valence-corrected chi connectivity index (χ2v) is 18.4. The molecule has 0 aliphatic rings. The summed E-state index contributed by atoms with van der Waals surface area (Å²) in [4.78, 5) is 17.9. The molecular formula is C32H46FeN4O2Si2. The molecule has 0 amide bonds. The molecule has 222 valence electrons. The third-order valence-electron chi connectivity index (χ3n) is 6.54. The molecule has 0 unspecified atom stereocenters. The Labute approximate surface area is 260 Å². The van der Waals surface area contributed by atoms with Crippen LogP contribution in [0.3, 0.4) is 0 Å². The van der Waals surface area contributed by atoms with Crippen molar-refractivity contribution in [2.75, 3.05) is 0 Å². The van der Waals surface area contributed by atoms with Crippen LogP contribution in [0.5, 0.6) is 0 Å². The van der Waals surface area contributed by atoms with E-state index < -0.39 is 17.6 Å². The standard InChI is InChI=1S/2C16H21N2Si.Fe.2H2O/c2*1-12(2)19(13(3)4)14-8-9-16(18-11-14)15-7-5-6-10-17-15;;;/h2*5-13H,1-4H3;;2*1H2. The number of pyridine rings is 4. The minimum Gasteiger partial charge on any atom is -0.412 e. The number of aromatic nitrogens is 4. The van der Waals surface area contributed by atoms with Gasteiger partial charge in [0.25, 0.3) is 0 Å². The van der Waals surface area contributed by atoms with Crippen LogP contribution in [0.25, 0.3) is 22.8 Å². The molecule has 2 radical (unpaired) electrons. The van der Waals surface area contributed by atoms with E-state index in [1.54, 1.807) is 0 Å². The zero-order chi connectivity index (χ0) is 27.7. The number of hydrogen-bond acceptors (Lipinski definition) is 4. The van der Waals surface area contributed by atoms with E-state index in [2.05, 4.69) is 112 Å². The Kier molecular flexibility index (Phi) is 17.7. The van der Waals surface area contributed by atoms with Crippen molar-refractivity contribution < 1.29 is 28.0 Å². The maximum absolute atomic E-state index is 4.60. The van der Waals surface area contributed by atoms with Crippen LogP contribution in [0.2, 0.25) is 22.2 Å². The van der Waals surface area contributed by atoms with Crippen LogP contribution in [-0.2, 0) is 17.1 Å². The molecule has 4 N–H and O–H groups in total. The van der Waals surface area contributed by atoms with Crippen molar-refractivity contribution in [3.8, 4) is 22.8 Å². The van der Waals surface area contributed by atoms with Gasteiger partial charge < -0.3 is 11.0 Å². The first-order valence-corrected chi connectivity index (χ1v) is 17.0. The van der Waals surface area contributed by atoms with Gasteiger partial charge in [-0.15, -0.1) is 0 Å². The molecule has 6 nitrogen and oxygen atoms in total. The Morgan fingerprint density at radius 3 is 0.976 bits per heavy atom. The summed E-state index contributed by atoms with van der Waals surface area (Å²) in [6.45, 7) is 18.6. The van der Waals surface area contributed by atoms with E-state index in [0.717, 1.165) is 44.9 Å². The zero-order valence-electron chi connectivity index (χ0n) is 25.5. The number of nitrogens with zero attached hydrogens (tertiary/aromatic N) is 4. The summed E-state index contributed by atoms with van der Waals surface area (Å²) in [7, 11) is -1.07. The van der Waals surface area contributed by atoms with Gasteiger partial charge in [0, 0.05) is 41.9 Å². The van der Waals surface area contributed by atoms with Gasteiger partial charge in [-0.3, -0.25) is 19.9 Å². The van der Waals surface area contributed by atoms with Gasteiger partial charge in [0.2, 0.25) is 0 Å². The van der Waals surface area contributed by atoms with E-state index in [-0.39, 0.29) is 28.0 Å². The molecule has 0 aliphatic carbocycles. The molecule has 4 aromatic heterocycles. The molecule has 4 rings (SSSR count). The summed E-state index contributed by atoms with van der Waals surface area (Å²) >= 11 is 0. The predicted octanol–water partition coefficient (Wildman–Crippen LogP) is 5.68. The largest absolute Gasteiger partial charge is 0.412 e. The third-order valence-corrected chi connectivity index (χ3v) is 13.4. The van der Waals surface area contributed by atoms with Crippen LogP contribution in [0.4, 0.5) is 0 Å². The van der Waals surface area contributed by atoms with E-state index in [1.807, 2.05) is 48.8 Å². The summed E-state index contributed by atoms with van der Waals surface area (Å²) in [5.41, 5.74) is 6.71. The Morgan fingerprint density at radius 2 is 0.756 bits per heavy atom. The van der Waals surface area contributed by atoms with Crippen LogP contribution in [0.15, 0.2) is 85.5 Å². The van der Waals surface area contributed by atoms with Gasteiger partial charge in [0.1, 0.15) is 0 Å². The quantitative estimate of drug-likeness (QED) is 0.233. The normalized spacial score (nSPS) is 10.7. The van der Waals surface area contributed by atoms with Crippen molar-refractivity contribution in [1.82, 2.24) is 19.9 Å². The van der Waals surface area contributed by atoms with Crippen molar-refractivity contribution in [2.45, 2.75) is 77.6 Å². The smallest absolute Gasteiger partial charge is 0.0931 e. The predicted molar refractivity (Wildman–Crippen MR) is 173 cm³/mol. The van der Waals surface area contributed by atoms with Crippen molar-refractivity contribution in [2.24, 2.45) is 0 Å². The Hall–Kier alpha value is -2.53. The van der Waals surface area contributed by atoms with Crippen molar-refractivity contribution in [3.63, 3.8) is 0 Å². The fourth-order valence-electron chi connectivity index (χ4n) is 5.13. The molecule has 0 spiro atoms. The van der Waals surface area contributed by atoms with Crippen LogP contribution < -0.4 is 10.4 Å². The molecule has 0 saturated carbocycles. The Balaban J connectivity index is 0.000000727. The molecule has 4 aromatic rings. The van der Waals surface area contributed by atoms with Gasteiger partial charge in [-0.1, -0.05) is 79.7 Å². The van der Waals surface area contributed by atoms with Crippen LogP contribution in [-0.4, -0.2) is 48.5 Å². The topological polar surface area (TPSA) is 115 Å². The fourth-order valence-corrected chi connectivity index (χ4v) is 11.4. The second kappa shape index (κ2) is 18.8. The van der Waals surface area contributed by atoms with Crippen LogP contribution >= 0.6 is 0 Å². The molecule has 9 heteroatoms. The monoisotopic (exact) mass is 630 g/mol. The first kappa shape index (κ1) is 38.5. The van der Waals surface area contributed by atoms with Crippen molar-refractivity contribution in [1.29, 1.82) is 0 Å². The molecular weight excluding hydrogens is 584 g/mol. The first-order valence-electron chi connectivity index (χ1n) is 13.7. The fraction of sp³-hybridized carbons (Fsp3) is 0.375. The maximum Gasteiger partial charge on any atom is 0.0931 e. The van der Waals surface area contributed by atoms with Crippen molar-refractivity contribution in [3.05, 3.63) is 85.5 Å². The summed E-state index contributed by atoms with van der Waals surface area (Å²) in [5.74, 6) is 0. The molecule has 0 aliphatic heterocycles. The number of hydrogen-bond donors (Lipinski definition) is 0. The third kappa shape index (κ3) is 11.0. The average Bonchev–Trinajstić information content (AvgIpc) is 2.90. The SMILES string of the molecule is CC(C)[Si](c1ccc(-c2ccccn2)nc1)C(C)C.CC(C)[Si](c1ccc(-c2ccccn2)nc1)C(C)C.O.O.[Fe]. The molecule has 41 heavy (non-hydrogen) atoms. The molecule has 0 fully saturated rings. The van der Waals surface area contributed by atoms with Gasteiger partial charge >= 0.3 is 0 Å². The summed E-state index contributed by atoms with van der Waals surface area (Å²) < 4.78 is 0. The molecule has 0 saturated heterocycles. The van der Waals surface area contributed by atoms with E-state index in [0.29, 0.717) is 0 Å². The average molecular weight is 631 g/mol. The Morgan fingerprint density at radius 1 is 0.439 bits per heavy atom. The van der Waals surface area contributed by atoms with E-state index >= 15 is 0 Å². The van der Waals surface area contributed by atoms with Crippen molar-refractivity contribution >= 4 is 28.0 Å². The van der Waals surface area contributed by atoms with Gasteiger partial charge in [-0.2, -0.15) is 0 Å². The molecule has 0 aromatic carbocycles. The molecule has 0 atom stereocenters. The van der Waals surface area contributed by atoms with Gasteiger partial charge in [0.15, 0.2) is 0 Å². The summed E-state index contributed by atoms with van der Waals surface area (Å²) in [6, 6.07) is 20.5. The maximum atomic E-state index is 4.60. The minimum absolute atomic E-state index is 0. The summed E-state index contributed by atoms with van der Waals surface area (Å²) in [5, 5.41) is 2.85. The zero-order valence-corrected chi connectivity index (χ0v) is 28.6. The summed E-state index contributed by atoms with van der Waals surface area (Å²) in [6.07, 6.45) is 7.72. The van der Waals surface area contributed by atoms with Crippen LogP contribution in [0, 0.1) is 0 Å². The van der Waals surface area contributed by atoms with Gasteiger partial charge in [0.05, 0.1) is 40.4 Å². The van der Waals surface area contributed by atoms with Gasteiger partial charge in [-0.05, 0) is 68.9 Å². The molecule has 0 bridgehead atoms. The first-order chi connectivity index (χ1) is 18.2.